The summed E-state index contributed by atoms with van der Waals surface area (Å²) in [4.78, 5) is 12.5. The van der Waals surface area contributed by atoms with Crippen molar-refractivity contribution in [3.05, 3.63) is 85.1 Å². The number of unbranched alkanes of at least 4 members (excludes halogenated alkanes) is 39. The third-order valence-corrected chi connectivity index (χ3v) is 14.9. The minimum absolute atomic E-state index is 0.0333. The highest BCUT2D eigenvalue weighted by Gasteiger charge is 2.20. The van der Waals surface area contributed by atoms with Gasteiger partial charge in [0.25, 0.3) is 0 Å². The molecule has 0 aromatic carbocycles. The minimum atomic E-state index is -0.667. The lowest BCUT2D eigenvalue weighted by Gasteiger charge is -2.22. The normalized spacial score (nSPS) is 13.3. The lowest BCUT2D eigenvalue weighted by Crippen LogP contribution is -2.45. The molecule has 0 saturated carbocycles. The molecule has 0 aliphatic heterocycles. The van der Waals surface area contributed by atoms with E-state index in [0.717, 1.165) is 70.6 Å². The summed E-state index contributed by atoms with van der Waals surface area (Å²) in [5.74, 6) is -0.0333. The predicted molar refractivity (Wildman–Crippen MR) is 331 cm³/mol. The maximum atomic E-state index is 12.5. The van der Waals surface area contributed by atoms with E-state index in [1.54, 1.807) is 0 Å². The molecule has 1 amide bonds. The van der Waals surface area contributed by atoms with Crippen molar-refractivity contribution >= 4 is 5.91 Å². The first-order valence-electron chi connectivity index (χ1n) is 32.8. The summed E-state index contributed by atoms with van der Waals surface area (Å²) in [5, 5.41) is 23.4. The monoisotopic (exact) mass is 1030 g/mol. The number of hydrogen-bond donors (Lipinski definition) is 3. The molecular weight excluding hydrogens is 903 g/mol. The summed E-state index contributed by atoms with van der Waals surface area (Å²) in [5.41, 5.74) is 0. The second kappa shape index (κ2) is 64.9. The highest BCUT2D eigenvalue weighted by Crippen LogP contribution is 2.18. The van der Waals surface area contributed by atoms with Crippen molar-refractivity contribution in [2.75, 3.05) is 6.61 Å². The maximum Gasteiger partial charge on any atom is 0.220 e. The standard InChI is InChI=1S/C70H127NO3/c1-3-5-7-9-11-13-15-17-19-21-23-25-27-29-31-33-34-35-36-38-40-42-44-46-48-50-52-54-56-58-60-62-64-66-70(74)71-68(67-72)69(73)65-63-61-59-57-55-53-51-49-47-45-43-41-39-37-32-30-28-26-24-22-20-18-16-14-12-10-8-6-4-2/h5,7,11,13,17,19,23,25,29,31,34-35,38,40,68-69,72-73H,3-4,6,8-10,12,14-16,18,20-22,24,26-28,30,32-33,36-37,39,41-67H2,1-2H3,(H,71,74)/b7-5-,13-11-,19-17-,25-23-,31-29-,35-34-,40-38-. The van der Waals surface area contributed by atoms with Gasteiger partial charge in [0.2, 0.25) is 5.91 Å². The number of carbonyl (C=O) groups is 1. The zero-order valence-electron chi connectivity index (χ0n) is 49.6. The molecule has 0 aliphatic rings. The first-order valence-corrected chi connectivity index (χ1v) is 32.8. The molecule has 0 aromatic rings. The summed E-state index contributed by atoms with van der Waals surface area (Å²) in [6, 6.07) is -0.545. The summed E-state index contributed by atoms with van der Waals surface area (Å²) in [6.07, 6.45) is 94.6. The Bertz CT molecular complexity index is 1310. The van der Waals surface area contributed by atoms with Gasteiger partial charge in [-0.05, 0) is 70.6 Å². The van der Waals surface area contributed by atoms with Gasteiger partial charge in [0, 0.05) is 6.42 Å². The van der Waals surface area contributed by atoms with Gasteiger partial charge in [-0.25, -0.2) is 0 Å². The largest absolute Gasteiger partial charge is 0.394 e. The van der Waals surface area contributed by atoms with Gasteiger partial charge in [0.15, 0.2) is 0 Å². The van der Waals surface area contributed by atoms with Gasteiger partial charge in [0.05, 0.1) is 18.8 Å². The molecule has 0 heterocycles. The van der Waals surface area contributed by atoms with E-state index in [4.69, 9.17) is 0 Å². The van der Waals surface area contributed by atoms with Crippen molar-refractivity contribution < 1.29 is 15.0 Å². The molecule has 0 aliphatic carbocycles. The van der Waals surface area contributed by atoms with Crippen LogP contribution in [-0.4, -0.2) is 34.9 Å². The highest BCUT2D eigenvalue weighted by atomic mass is 16.3. The number of allylic oxidation sites excluding steroid dienone is 14. The molecule has 0 fully saturated rings. The molecule has 0 rings (SSSR count). The zero-order chi connectivity index (χ0) is 53.4. The van der Waals surface area contributed by atoms with E-state index in [1.807, 2.05) is 0 Å². The highest BCUT2D eigenvalue weighted by molar-refractivity contribution is 5.76. The van der Waals surface area contributed by atoms with Crippen LogP contribution < -0.4 is 5.32 Å². The molecule has 4 nitrogen and oxygen atoms in total. The fourth-order valence-electron chi connectivity index (χ4n) is 9.99. The number of amides is 1. The lowest BCUT2D eigenvalue weighted by molar-refractivity contribution is -0.123. The van der Waals surface area contributed by atoms with Crippen molar-refractivity contribution in [3.8, 4) is 0 Å². The Balaban J connectivity index is 3.48. The molecule has 2 unspecified atom stereocenters. The van der Waals surface area contributed by atoms with E-state index < -0.39 is 12.1 Å². The molecule has 0 aromatic heterocycles. The summed E-state index contributed by atoms with van der Waals surface area (Å²) >= 11 is 0. The molecule has 0 radical (unpaired) electrons. The van der Waals surface area contributed by atoms with Crippen molar-refractivity contribution in [3.63, 3.8) is 0 Å². The van der Waals surface area contributed by atoms with Crippen LogP contribution in [0, 0.1) is 0 Å². The SMILES string of the molecule is CC/C=C\C/C=C\C/C=C\C/C=C\C/C=C\C/C=C\C/C=C\CCCCCCCCCCCCCC(=O)NC(CO)C(O)CCCCCCCCCCCCCCCCCCCCCCCCCCCCCCC. The first kappa shape index (κ1) is 71.6. The third-order valence-electron chi connectivity index (χ3n) is 14.9. The Morgan fingerprint density at radius 1 is 0.338 bits per heavy atom. The van der Waals surface area contributed by atoms with E-state index in [2.05, 4.69) is 104 Å². The van der Waals surface area contributed by atoms with Gasteiger partial charge in [-0.2, -0.15) is 0 Å². The van der Waals surface area contributed by atoms with Crippen LogP contribution in [0.1, 0.15) is 335 Å². The van der Waals surface area contributed by atoms with E-state index >= 15 is 0 Å². The second-order valence-electron chi connectivity index (χ2n) is 22.2. The molecule has 3 N–H and O–H groups in total. The van der Waals surface area contributed by atoms with Crippen LogP contribution in [0.4, 0.5) is 0 Å². The van der Waals surface area contributed by atoms with Gasteiger partial charge >= 0.3 is 0 Å². The Morgan fingerprint density at radius 3 is 0.892 bits per heavy atom. The van der Waals surface area contributed by atoms with Crippen LogP contribution >= 0.6 is 0 Å². The Morgan fingerprint density at radius 2 is 0.595 bits per heavy atom. The van der Waals surface area contributed by atoms with Crippen LogP contribution in [0.2, 0.25) is 0 Å². The number of nitrogens with one attached hydrogen (secondary N) is 1. The fourth-order valence-corrected chi connectivity index (χ4v) is 9.99. The smallest absolute Gasteiger partial charge is 0.220 e. The molecule has 0 saturated heterocycles. The van der Waals surface area contributed by atoms with E-state index in [0.29, 0.717) is 12.8 Å². The number of rotatable bonds is 60. The number of hydrogen-bond acceptors (Lipinski definition) is 3. The predicted octanol–water partition coefficient (Wildman–Crippen LogP) is 22.3. The topological polar surface area (TPSA) is 69.6 Å². The molecule has 0 spiro atoms. The quantitative estimate of drug-likeness (QED) is 0.0420. The number of aliphatic hydroxyl groups excluding tert-OH is 2. The van der Waals surface area contributed by atoms with Crippen LogP contribution in [0.5, 0.6) is 0 Å². The molecule has 74 heavy (non-hydrogen) atoms. The molecular formula is C70H127NO3. The average Bonchev–Trinajstić information content (AvgIpc) is 3.40. The lowest BCUT2D eigenvalue weighted by atomic mass is 10.0. The molecule has 0 bridgehead atoms. The van der Waals surface area contributed by atoms with Crippen LogP contribution in [0.25, 0.3) is 0 Å². The first-order chi connectivity index (χ1) is 36.7. The summed E-state index contributed by atoms with van der Waals surface area (Å²) < 4.78 is 0. The Hall–Kier alpha value is -2.43. The number of aliphatic hydroxyl groups is 2. The summed E-state index contributed by atoms with van der Waals surface area (Å²) in [7, 11) is 0. The van der Waals surface area contributed by atoms with Gasteiger partial charge < -0.3 is 15.5 Å². The number of carbonyl (C=O) groups excluding carboxylic acids is 1. The van der Waals surface area contributed by atoms with Gasteiger partial charge in [0.1, 0.15) is 0 Å². The van der Waals surface area contributed by atoms with Crippen molar-refractivity contribution in [2.24, 2.45) is 0 Å². The third kappa shape index (κ3) is 60.4. The van der Waals surface area contributed by atoms with Gasteiger partial charge in [-0.15, -0.1) is 0 Å². The van der Waals surface area contributed by atoms with Crippen LogP contribution in [0.3, 0.4) is 0 Å². The van der Waals surface area contributed by atoms with Gasteiger partial charge in [-0.1, -0.05) is 343 Å². The second-order valence-corrected chi connectivity index (χ2v) is 22.2. The Kier molecular flexibility index (Phi) is 62.7. The van der Waals surface area contributed by atoms with E-state index in [9.17, 15) is 15.0 Å². The summed E-state index contributed by atoms with van der Waals surface area (Å²) in [6.45, 7) is 4.27. The van der Waals surface area contributed by atoms with E-state index in [1.165, 1.54) is 238 Å². The van der Waals surface area contributed by atoms with Gasteiger partial charge in [-0.3, -0.25) is 4.79 Å². The Labute approximate surface area is 462 Å². The zero-order valence-corrected chi connectivity index (χ0v) is 49.6. The van der Waals surface area contributed by atoms with Crippen LogP contribution in [-0.2, 0) is 4.79 Å². The maximum absolute atomic E-state index is 12.5. The van der Waals surface area contributed by atoms with Crippen molar-refractivity contribution in [1.29, 1.82) is 0 Å². The molecule has 4 heteroatoms. The van der Waals surface area contributed by atoms with Crippen LogP contribution in [0.15, 0.2) is 85.1 Å². The van der Waals surface area contributed by atoms with Crippen molar-refractivity contribution in [2.45, 2.75) is 347 Å². The fraction of sp³-hybridized carbons (Fsp3) is 0.786. The minimum Gasteiger partial charge on any atom is -0.394 e. The molecule has 2 atom stereocenters. The molecule has 430 valence electrons. The average molecular weight is 1030 g/mol. The van der Waals surface area contributed by atoms with Crippen molar-refractivity contribution in [1.82, 2.24) is 5.32 Å². The van der Waals surface area contributed by atoms with E-state index in [-0.39, 0.29) is 12.5 Å².